The first-order valence-corrected chi connectivity index (χ1v) is 18.3. The first kappa shape index (κ1) is 30.8. The maximum atomic E-state index is 2.36. The van der Waals surface area contributed by atoms with E-state index in [1.165, 1.54) is 76.5 Å². The summed E-state index contributed by atoms with van der Waals surface area (Å²) >= 11 is 0. The molecular formula is C52H35N. The Kier molecular flexibility index (Phi) is 7.55. The highest BCUT2D eigenvalue weighted by molar-refractivity contribution is 6.14. The number of rotatable bonds is 6. The summed E-state index contributed by atoms with van der Waals surface area (Å²) in [6.45, 7) is 0. The Hall–Kier alpha value is -6.96. The van der Waals surface area contributed by atoms with Gasteiger partial charge in [-0.3, -0.25) is 0 Å². The van der Waals surface area contributed by atoms with Crippen molar-refractivity contribution in [1.82, 2.24) is 0 Å². The van der Waals surface area contributed by atoms with Crippen molar-refractivity contribution < 1.29 is 0 Å². The van der Waals surface area contributed by atoms with Crippen molar-refractivity contribution in [3.05, 3.63) is 212 Å². The van der Waals surface area contributed by atoms with Crippen molar-refractivity contribution in [2.45, 2.75) is 0 Å². The second kappa shape index (κ2) is 13.0. The summed E-state index contributed by atoms with van der Waals surface area (Å²) in [5.74, 6) is 0. The topological polar surface area (TPSA) is 3.24 Å². The van der Waals surface area contributed by atoms with Crippen LogP contribution in [0.1, 0.15) is 0 Å². The smallest absolute Gasteiger partial charge is 0.0462 e. The van der Waals surface area contributed by atoms with Gasteiger partial charge in [0.15, 0.2) is 0 Å². The summed E-state index contributed by atoms with van der Waals surface area (Å²) < 4.78 is 0. The van der Waals surface area contributed by atoms with E-state index in [9.17, 15) is 0 Å². The van der Waals surface area contributed by atoms with E-state index in [4.69, 9.17) is 0 Å². The summed E-state index contributed by atoms with van der Waals surface area (Å²) in [6, 6.07) is 77.2. The molecule has 0 N–H and O–H groups in total. The largest absolute Gasteiger partial charge is 0.311 e. The van der Waals surface area contributed by atoms with Crippen LogP contribution in [0.5, 0.6) is 0 Å². The molecule has 0 spiro atoms. The lowest BCUT2D eigenvalue weighted by molar-refractivity contribution is 1.28. The molecule has 0 aliphatic heterocycles. The Labute approximate surface area is 309 Å². The highest BCUT2D eigenvalue weighted by Crippen LogP contribution is 2.41. The van der Waals surface area contributed by atoms with Gasteiger partial charge in [-0.25, -0.2) is 0 Å². The predicted molar refractivity (Wildman–Crippen MR) is 227 cm³/mol. The molecule has 0 bridgehead atoms. The van der Waals surface area contributed by atoms with Crippen LogP contribution in [0.25, 0.3) is 76.5 Å². The fourth-order valence-corrected chi connectivity index (χ4v) is 8.05. The van der Waals surface area contributed by atoms with Crippen molar-refractivity contribution in [3.63, 3.8) is 0 Å². The quantitative estimate of drug-likeness (QED) is 0.159. The van der Waals surface area contributed by atoms with E-state index >= 15 is 0 Å². The van der Waals surface area contributed by atoms with E-state index in [1.54, 1.807) is 0 Å². The molecule has 1 heteroatoms. The first-order valence-electron chi connectivity index (χ1n) is 18.3. The number of hydrogen-bond donors (Lipinski definition) is 0. The Bertz CT molecular complexity index is 2910. The molecule has 0 saturated heterocycles. The van der Waals surface area contributed by atoms with Crippen molar-refractivity contribution in [2.75, 3.05) is 4.90 Å². The van der Waals surface area contributed by atoms with Crippen LogP contribution in [0.4, 0.5) is 17.1 Å². The lowest BCUT2D eigenvalue weighted by Gasteiger charge is -2.26. The number of anilines is 3. The van der Waals surface area contributed by atoms with Gasteiger partial charge in [0.1, 0.15) is 0 Å². The van der Waals surface area contributed by atoms with E-state index in [0.717, 1.165) is 17.1 Å². The Morgan fingerprint density at radius 3 is 1.30 bits per heavy atom. The van der Waals surface area contributed by atoms with Gasteiger partial charge in [0.05, 0.1) is 0 Å². The molecule has 0 aliphatic rings. The molecule has 0 fully saturated rings. The lowest BCUT2D eigenvalue weighted by atomic mass is 9.93. The van der Waals surface area contributed by atoms with E-state index in [-0.39, 0.29) is 0 Å². The summed E-state index contributed by atoms with van der Waals surface area (Å²) in [4.78, 5) is 2.36. The molecule has 0 amide bonds. The molecule has 10 rings (SSSR count). The lowest BCUT2D eigenvalue weighted by Crippen LogP contribution is -2.09. The number of nitrogens with zero attached hydrogens (tertiary/aromatic N) is 1. The van der Waals surface area contributed by atoms with Crippen molar-refractivity contribution in [1.29, 1.82) is 0 Å². The third-order valence-electron chi connectivity index (χ3n) is 10.7. The molecule has 0 atom stereocenters. The van der Waals surface area contributed by atoms with Gasteiger partial charge in [0.2, 0.25) is 0 Å². The van der Waals surface area contributed by atoms with Gasteiger partial charge in [0.25, 0.3) is 0 Å². The van der Waals surface area contributed by atoms with Crippen LogP contribution in [-0.2, 0) is 0 Å². The van der Waals surface area contributed by atoms with Crippen LogP contribution in [0.15, 0.2) is 212 Å². The van der Waals surface area contributed by atoms with Crippen LogP contribution < -0.4 is 4.90 Å². The molecule has 0 radical (unpaired) electrons. The van der Waals surface area contributed by atoms with Gasteiger partial charge in [-0.2, -0.15) is 0 Å². The summed E-state index contributed by atoms with van der Waals surface area (Å²) in [5, 5.41) is 10.2. The minimum Gasteiger partial charge on any atom is -0.311 e. The normalized spacial score (nSPS) is 11.4. The molecule has 0 aromatic heterocycles. The number of hydrogen-bond acceptors (Lipinski definition) is 1. The fraction of sp³-hybridized carbons (Fsp3) is 0. The molecule has 10 aromatic rings. The SMILES string of the molecule is c1ccc(-c2ccc(N(c3ccc(-c4cccc5c4ccc4ccccc45)cc3)c3ccc(-c4cc5ccccc5c5ccccc45)cc3)cc2)cc1. The van der Waals surface area contributed by atoms with Crippen molar-refractivity contribution >= 4 is 60.2 Å². The summed E-state index contributed by atoms with van der Waals surface area (Å²) in [6.07, 6.45) is 0. The molecule has 53 heavy (non-hydrogen) atoms. The fourth-order valence-electron chi connectivity index (χ4n) is 8.05. The van der Waals surface area contributed by atoms with E-state index in [1.807, 2.05) is 0 Å². The van der Waals surface area contributed by atoms with Gasteiger partial charge < -0.3 is 4.90 Å². The molecule has 0 heterocycles. The average molecular weight is 674 g/mol. The molecule has 0 saturated carbocycles. The van der Waals surface area contributed by atoms with E-state index < -0.39 is 0 Å². The monoisotopic (exact) mass is 673 g/mol. The average Bonchev–Trinajstić information content (AvgIpc) is 3.24. The van der Waals surface area contributed by atoms with Crippen LogP contribution >= 0.6 is 0 Å². The van der Waals surface area contributed by atoms with Gasteiger partial charge >= 0.3 is 0 Å². The summed E-state index contributed by atoms with van der Waals surface area (Å²) in [7, 11) is 0. The second-order valence-electron chi connectivity index (χ2n) is 13.7. The zero-order chi connectivity index (χ0) is 35.1. The molecule has 1 nitrogen and oxygen atoms in total. The second-order valence-corrected chi connectivity index (χ2v) is 13.7. The highest BCUT2D eigenvalue weighted by Gasteiger charge is 2.16. The number of benzene rings is 10. The van der Waals surface area contributed by atoms with Gasteiger partial charge in [-0.15, -0.1) is 0 Å². The summed E-state index contributed by atoms with van der Waals surface area (Å²) in [5.41, 5.74) is 10.6. The minimum atomic E-state index is 1.11. The van der Waals surface area contributed by atoms with Crippen LogP contribution in [0, 0.1) is 0 Å². The zero-order valence-electron chi connectivity index (χ0n) is 29.2. The molecule has 0 aliphatic carbocycles. The molecular weight excluding hydrogens is 639 g/mol. The highest BCUT2D eigenvalue weighted by atomic mass is 15.1. The van der Waals surface area contributed by atoms with E-state index in [0.29, 0.717) is 0 Å². The van der Waals surface area contributed by atoms with Crippen LogP contribution in [-0.4, -0.2) is 0 Å². The third kappa shape index (κ3) is 5.51. The third-order valence-corrected chi connectivity index (χ3v) is 10.7. The maximum absolute atomic E-state index is 2.36. The minimum absolute atomic E-state index is 1.11. The maximum Gasteiger partial charge on any atom is 0.0462 e. The zero-order valence-corrected chi connectivity index (χ0v) is 29.2. The van der Waals surface area contributed by atoms with Crippen molar-refractivity contribution in [2.24, 2.45) is 0 Å². The van der Waals surface area contributed by atoms with Gasteiger partial charge in [0, 0.05) is 17.1 Å². The Balaban J connectivity index is 1.07. The Morgan fingerprint density at radius 1 is 0.226 bits per heavy atom. The van der Waals surface area contributed by atoms with Crippen LogP contribution in [0.3, 0.4) is 0 Å². The Morgan fingerprint density at radius 2 is 0.660 bits per heavy atom. The van der Waals surface area contributed by atoms with Crippen molar-refractivity contribution in [3.8, 4) is 33.4 Å². The van der Waals surface area contributed by atoms with Gasteiger partial charge in [-0.1, -0.05) is 170 Å². The molecule has 248 valence electrons. The van der Waals surface area contributed by atoms with Crippen LogP contribution in [0.2, 0.25) is 0 Å². The standard InChI is InChI=1S/C52H35N/c1-2-11-36(12-3-1)37-21-28-42(29-22-37)53(43-30-23-39(24-31-43)46-19-10-20-49-45-15-6-4-13-38(45)27-34-51(46)49)44-32-25-40(26-33-44)52-35-41-14-5-7-16-47(41)48-17-8-9-18-50(48)52/h1-35H. The first-order chi connectivity index (χ1) is 26.3. The molecule has 0 unspecified atom stereocenters. The molecule has 10 aromatic carbocycles. The number of fused-ring (bicyclic) bond motifs is 6. The predicted octanol–water partition coefficient (Wildman–Crippen LogP) is 14.8. The van der Waals surface area contributed by atoms with E-state index in [2.05, 4.69) is 217 Å². The van der Waals surface area contributed by atoms with Gasteiger partial charge in [-0.05, 0) is 119 Å².